The molecule has 0 aliphatic carbocycles. The number of benzene rings is 2. The Morgan fingerprint density at radius 3 is 2.52 bits per heavy atom. The van der Waals surface area contributed by atoms with E-state index in [1.807, 2.05) is 30.3 Å². The quantitative estimate of drug-likeness (QED) is 0.811. The van der Waals surface area contributed by atoms with Gasteiger partial charge in [0, 0.05) is 16.6 Å². The fourth-order valence-electron chi connectivity index (χ4n) is 1.81. The molecule has 2 rings (SSSR count). The van der Waals surface area contributed by atoms with Crippen LogP contribution in [-0.4, -0.2) is 16.6 Å². The molecule has 0 saturated carbocycles. The Balaban J connectivity index is 2.31. The molecule has 7 heteroatoms. The maximum atomic E-state index is 12.3. The summed E-state index contributed by atoms with van der Waals surface area (Å²) in [5.74, 6) is -0.843. The minimum absolute atomic E-state index is 0.333. The molecule has 0 radical (unpaired) electrons. The topological polar surface area (TPSA) is 75.6 Å². The van der Waals surface area contributed by atoms with Crippen molar-refractivity contribution in [1.29, 1.82) is 0 Å². The molecule has 2 aromatic rings. The molecule has 0 aromatic heterocycles. The third kappa shape index (κ3) is 3.76. The van der Waals surface area contributed by atoms with Crippen LogP contribution in [0.4, 0.5) is 0 Å². The van der Waals surface area contributed by atoms with Crippen molar-refractivity contribution in [2.24, 2.45) is 0 Å². The summed E-state index contributed by atoms with van der Waals surface area (Å²) in [6.07, 6.45) is 0. The SMILES string of the molecule is CC(C)(NP(=O)(Cl)Oc1cccc2ccccc12)C(=O)O. The summed E-state index contributed by atoms with van der Waals surface area (Å²) >= 11 is 5.86. The molecule has 0 spiro atoms. The predicted octanol–water partition coefficient (Wildman–Crippen LogP) is 4.02. The molecule has 1 atom stereocenters. The summed E-state index contributed by atoms with van der Waals surface area (Å²) in [4.78, 5) is 11.1. The van der Waals surface area contributed by atoms with Crippen LogP contribution in [-0.2, 0) is 9.36 Å². The molecular weight excluding hydrogens is 313 g/mol. The molecule has 0 amide bonds. The molecular formula is C14H15ClNO4P. The van der Waals surface area contributed by atoms with E-state index in [9.17, 15) is 9.36 Å². The van der Waals surface area contributed by atoms with E-state index in [-0.39, 0.29) is 0 Å². The maximum absolute atomic E-state index is 12.3. The number of carbonyl (C=O) groups is 1. The van der Waals surface area contributed by atoms with Crippen LogP contribution < -0.4 is 9.61 Å². The Kier molecular flexibility index (Phi) is 4.28. The second kappa shape index (κ2) is 5.68. The molecule has 2 aromatic carbocycles. The van der Waals surface area contributed by atoms with Crippen LogP contribution in [0.2, 0.25) is 0 Å². The molecule has 112 valence electrons. The summed E-state index contributed by atoms with van der Waals surface area (Å²) in [6.45, 7) is -1.14. The van der Waals surface area contributed by atoms with Crippen LogP contribution in [0.1, 0.15) is 13.8 Å². The van der Waals surface area contributed by atoms with Crippen LogP contribution in [0, 0.1) is 0 Å². The highest BCUT2D eigenvalue weighted by Crippen LogP contribution is 2.51. The lowest BCUT2D eigenvalue weighted by Gasteiger charge is -2.24. The molecule has 5 nitrogen and oxygen atoms in total. The van der Waals surface area contributed by atoms with Gasteiger partial charge in [0.05, 0.1) is 0 Å². The molecule has 21 heavy (non-hydrogen) atoms. The zero-order valence-corrected chi connectivity index (χ0v) is 13.2. The lowest BCUT2D eigenvalue weighted by atomic mass is 10.1. The zero-order valence-electron chi connectivity index (χ0n) is 11.5. The van der Waals surface area contributed by atoms with E-state index in [1.54, 1.807) is 12.1 Å². The number of carboxylic acids is 1. The first-order valence-electron chi connectivity index (χ1n) is 6.21. The van der Waals surface area contributed by atoms with Gasteiger partial charge < -0.3 is 9.63 Å². The molecule has 0 aliphatic heterocycles. The Morgan fingerprint density at radius 2 is 1.86 bits per heavy atom. The van der Waals surface area contributed by atoms with Gasteiger partial charge in [0.1, 0.15) is 11.3 Å². The highest BCUT2D eigenvalue weighted by atomic mass is 35.7. The van der Waals surface area contributed by atoms with Gasteiger partial charge >= 0.3 is 12.8 Å². The molecule has 0 fully saturated rings. The number of aliphatic carboxylic acids is 1. The Morgan fingerprint density at radius 1 is 1.24 bits per heavy atom. The standard InChI is InChI=1S/C14H15ClNO4P/c1-14(2,13(17)18)16-21(15,19)20-12-9-5-7-10-6-3-4-8-11(10)12/h3-9H,1-2H3,(H,16,19)(H,17,18). The van der Waals surface area contributed by atoms with E-state index in [0.717, 1.165) is 10.8 Å². The number of carboxylic acid groups (broad SMARTS) is 1. The van der Waals surface area contributed by atoms with E-state index in [2.05, 4.69) is 5.09 Å². The molecule has 0 saturated heterocycles. The van der Waals surface area contributed by atoms with Crippen molar-refractivity contribution in [1.82, 2.24) is 5.09 Å². The summed E-state index contributed by atoms with van der Waals surface area (Å²) in [5, 5.41) is 13.0. The third-order valence-electron chi connectivity index (χ3n) is 2.91. The highest BCUT2D eigenvalue weighted by Gasteiger charge is 2.36. The number of hydrogen-bond acceptors (Lipinski definition) is 3. The van der Waals surface area contributed by atoms with Gasteiger partial charge in [0.25, 0.3) is 0 Å². The minimum atomic E-state index is -3.85. The zero-order chi connectivity index (χ0) is 15.7. The largest absolute Gasteiger partial charge is 0.480 e. The number of rotatable bonds is 5. The van der Waals surface area contributed by atoms with Crippen molar-refractivity contribution in [3.05, 3.63) is 42.5 Å². The van der Waals surface area contributed by atoms with E-state index >= 15 is 0 Å². The monoisotopic (exact) mass is 327 g/mol. The normalized spacial score (nSPS) is 14.6. The van der Waals surface area contributed by atoms with Crippen molar-refractivity contribution in [3.8, 4) is 5.75 Å². The van der Waals surface area contributed by atoms with E-state index in [0.29, 0.717) is 5.75 Å². The van der Waals surface area contributed by atoms with Gasteiger partial charge in [-0.05, 0) is 25.3 Å². The number of nitrogens with one attached hydrogen (secondary N) is 1. The van der Waals surface area contributed by atoms with Gasteiger partial charge in [-0.15, -0.1) is 0 Å². The van der Waals surface area contributed by atoms with Gasteiger partial charge in [-0.3, -0.25) is 4.79 Å². The Bertz CT molecular complexity index is 726. The second-order valence-corrected chi connectivity index (χ2v) is 7.79. The van der Waals surface area contributed by atoms with Gasteiger partial charge in [0.2, 0.25) is 0 Å². The van der Waals surface area contributed by atoms with E-state index < -0.39 is 18.4 Å². The molecule has 2 N–H and O–H groups in total. The Labute approximate surface area is 127 Å². The van der Waals surface area contributed by atoms with Gasteiger partial charge in [0.15, 0.2) is 0 Å². The fraction of sp³-hybridized carbons (Fsp3) is 0.214. The van der Waals surface area contributed by atoms with Crippen molar-refractivity contribution < 1.29 is 19.0 Å². The van der Waals surface area contributed by atoms with E-state index in [1.165, 1.54) is 13.8 Å². The highest BCUT2D eigenvalue weighted by molar-refractivity contribution is 7.84. The van der Waals surface area contributed by atoms with Crippen LogP contribution in [0.25, 0.3) is 10.8 Å². The molecule has 0 bridgehead atoms. The summed E-state index contributed by atoms with van der Waals surface area (Å²) in [7, 11) is 0. The lowest BCUT2D eigenvalue weighted by molar-refractivity contribution is -0.142. The summed E-state index contributed by atoms with van der Waals surface area (Å²) in [5.41, 5.74) is -1.47. The predicted molar refractivity (Wildman–Crippen MR) is 82.9 cm³/mol. The molecule has 0 heterocycles. The summed E-state index contributed by atoms with van der Waals surface area (Å²) in [6, 6.07) is 12.7. The van der Waals surface area contributed by atoms with Gasteiger partial charge in [-0.2, -0.15) is 0 Å². The Hall–Kier alpha value is -1.55. The van der Waals surface area contributed by atoms with Crippen LogP contribution in [0.5, 0.6) is 5.75 Å². The fourth-order valence-corrected chi connectivity index (χ4v) is 3.88. The van der Waals surface area contributed by atoms with Crippen molar-refractivity contribution in [2.45, 2.75) is 19.4 Å². The van der Waals surface area contributed by atoms with Gasteiger partial charge in [-0.25, -0.2) is 9.65 Å². The lowest BCUT2D eigenvalue weighted by Crippen LogP contribution is -2.44. The van der Waals surface area contributed by atoms with Gasteiger partial charge in [-0.1, -0.05) is 36.4 Å². The second-order valence-electron chi connectivity index (χ2n) is 5.09. The van der Waals surface area contributed by atoms with Crippen molar-refractivity contribution in [2.75, 3.05) is 0 Å². The number of halogens is 1. The minimum Gasteiger partial charge on any atom is -0.480 e. The first-order chi connectivity index (χ1) is 9.71. The van der Waals surface area contributed by atoms with Crippen LogP contribution in [0.15, 0.2) is 42.5 Å². The van der Waals surface area contributed by atoms with Crippen LogP contribution >= 0.6 is 18.1 Å². The number of fused-ring (bicyclic) bond motifs is 1. The van der Waals surface area contributed by atoms with Crippen LogP contribution in [0.3, 0.4) is 0 Å². The first kappa shape index (κ1) is 15.8. The van der Waals surface area contributed by atoms with Crippen molar-refractivity contribution in [3.63, 3.8) is 0 Å². The third-order valence-corrected chi connectivity index (χ3v) is 4.63. The van der Waals surface area contributed by atoms with E-state index in [4.69, 9.17) is 20.9 Å². The molecule has 1 unspecified atom stereocenters. The first-order valence-corrected chi connectivity index (χ1v) is 8.74. The average Bonchev–Trinajstić information content (AvgIpc) is 2.37. The van der Waals surface area contributed by atoms with Crippen molar-refractivity contribution >= 4 is 34.9 Å². The smallest absolute Gasteiger partial charge is 0.410 e. The number of hydrogen-bond donors (Lipinski definition) is 2. The molecule has 0 aliphatic rings. The average molecular weight is 328 g/mol. The summed E-state index contributed by atoms with van der Waals surface area (Å²) < 4.78 is 17.7. The maximum Gasteiger partial charge on any atom is 0.410 e.